The largest absolute Gasteiger partial charge is 0.342 e. The second-order valence-corrected chi connectivity index (χ2v) is 9.33. The molecule has 2 amide bonds. The minimum Gasteiger partial charge on any atom is -0.342 e. The van der Waals surface area contributed by atoms with Crippen molar-refractivity contribution in [1.82, 2.24) is 30.6 Å². The number of fused-ring (bicyclic) bond motifs is 1. The number of H-pyrrole nitrogens is 1. The summed E-state index contributed by atoms with van der Waals surface area (Å²) in [5.41, 5.74) is 3.54. The fourth-order valence-corrected chi connectivity index (χ4v) is 4.76. The smallest absolute Gasteiger partial charge is 0.243 e. The Morgan fingerprint density at radius 3 is 2.61 bits per heavy atom. The number of aromatic nitrogens is 4. The van der Waals surface area contributed by atoms with Gasteiger partial charge in [0.15, 0.2) is 0 Å². The van der Waals surface area contributed by atoms with E-state index in [0.29, 0.717) is 24.1 Å². The average Bonchev–Trinajstić information content (AvgIpc) is 3.21. The zero-order valence-corrected chi connectivity index (χ0v) is 18.8. The molecule has 0 radical (unpaired) electrons. The zero-order chi connectivity index (χ0) is 22.9. The highest BCUT2D eigenvalue weighted by molar-refractivity contribution is 5.90. The van der Waals surface area contributed by atoms with E-state index in [0.717, 1.165) is 23.2 Å². The van der Waals surface area contributed by atoms with Gasteiger partial charge in [-0.15, -0.1) is 5.10 Å². The molecule has 1 aromatic carbocycles. The van der Waals surface area contributed by atoms with E-state index in [4.69, 9.17) is 0 Å². The maximum Gasteiger partial charge on any atom is 0.243 e. The molecule has 5 rings (SSSR count). The molecule has 2 aliphatic rings. The van der Waals surface area contributed by atoms with Gasteiger partial charge >= 0.3 is 0 Å². The summed E-state index contributed by atoms with van der Waals surface area (Å²) in [4.78, 5) is 33.0. The molecule has 3 aromatic rings. The molecule has 4 atom stereocenters. The van der Waals surface area contributed by atoms with Gasteiger partial charge in [-0.3, -0.25) is 19.7 Å². The summed E-state index contributed by atoms with van der Waals surface area (Å²) < 4.78 is 0. The number of rotatable bonds is 7. The lowest BCUT2D eigenvalue weighted by atomic mass is 9.99. The van der Waals surface area contributed by atoms with Crippen LogP contribution in [0.15, 0.2) is 54.9 Å². The molecule has 3 heterocycles. The van der Waals surface area contributed by atoms with Crippen molar-refractivity contribution in [3.05, 3.63) is 77.4 Å². The zero-order valence-electron chi connectivity index (χ0n) is 18.8. The Morgan fingerprint density at radius 2 is 1.94 bits per heavy atom. The number of nitrogens with one attached hydrogen (secondary N) is 2. The number of hydrogen-bond donors (Lipinski definition) is 2. The maximum absolute atomic E-state index is 13.6. The molecule has 8 nitrogen and oxygen atoms in total. The summed E-state index contributed by atoms with van der Waals surface area (Å²) in [6.07, 6.45) is 4.58. The summed E-state index contributed by atoms with van der Waals surface area (Å²) in [6, 6.07) is 13.1. The van der Waals surface area contributed by atoms with Gasteiger partial charge in [-0.25, -0.2) is 0 Å². The Kier molecular flexibility index (Phi) is 5.66. The predicted molar refractivity (Wildman–Crippen MR) is 122 cm³/mol. The normalized spacial score (nSPS) is 22.2. The van der Waals surface area contributed by atoms with Crippen LogP contribution in [0.1, 0.15) is 54.7 Å². The number of nitrogens with zero attached hydrogens (tertiary/aromatic N) is 4. The second-order valence-electron chi connectivity index (χ2n) is 9.33. The highest BCUT2D eigenvalue weighted by Gasteiger charge is 2.56. The van der Waals surface area contributed by atoms with Crippen LogP contribution in [0.3, 0.4) is 0 Å². The van der Waals surface area contributed by atoms with Crippen molar-refractivity contribution in [2.45, 2.75) is 44.7 Å². The topological polar surface area (TPSA) is 104 Å². The van der Waals surface area contributed by atoms with Gasteiger partial charge in [-0.05, 0) is 41.4 Å². The van der Waals surface area contributed by atoms with Crippen LogP contribution in [-0.2, 0) is 16.0 Å². The third-order valence-electron chi connectivity index (χ3n) is 6.74. The Balaban J connectivity index is 1.38. The lowest BCUT2D eigenvalue weighted by Gasteiger charge is -2.29. The molecule has 2 fully saturated rings. The number of aromatic amines is 1. The van der Waals surface area contributed by atoms with Gasteiger partial charge in [-0.1, -0.05) is 55.5 Å². The van der Waals surface area contributed by atoms with E-state index < -0.39 is 6.04 Å². The van der Waals surface area contributed by atoms with Crippen molar-refractivity contribution in [2.24, 2.45) is 11.8 Å². The van der Waals surface area contributed by atoms with Crippen LogP contribution >= 0.6 is 0 Å². The minimum absolute atomic E-state index is 0.0796. The summed E-state index contributed by atoms with van der Waals surface area (Å²) in [6.45, 7) is 4.88. The maximum atomic E-state index is 13.6. The number of hydrogen-bond acceptors (Lipinski definition) is 5. The van der Waals surface area contributed by atoms with Gasteiger partial charge in [0.2, 0.25) is 11.8 Å². The summed E-state index contributed by atoms with van der Waals surface area (Å²) >= 11 is 0. The lowest BCUT2D eigenvalue weighted by Crippen LogP contribution is -2.49. The van der Waals surface area contributed by atoms with E-state index in [1.54, 1.807) is 11.1 Å². The first-order chi connectivity index (χ1) is 16.0. The number of benzene rings is 1. The van der Waals surface area contributed by atoms with Gasteiger partial charge in [0.05, 0.1) is 30.0 Å². The van der Waals surface area contributed by atoms with E-state index in [-0.39, 0.29) is 30.2 Å². The van der Waals surface area contributed by atoms with Crippen molar-refractivity contribution < 1.29 is 9.59 Å². The molecule has 2 aromatic heterocycles. The first-order valence-electron chi connectivity index (χ1n) is 11.5. The molecule has 0 unspecified atom stereocenters. The van der Waals surface area contributed by atoms with Crippen LogP contribution in [-0.4, -0.2) is 49.7 Å². The van der Waals surface area contributed by atoms with Crippen LogP contribution in [0.5, 0.6) is 0 Å². The SMILES string of the molecule is CC(C)c1ccc([C@@H](NC(=O)[C@@H]2[C@H]3C[C@H]3CN2C(=O)Cc2cnn[nH]2)c2ccccc2)nc1. The minimum atomic E-state index is -0.459. The number of carbonyl (C=O) groups excluding carboxylic acids is 2. The van der Waals surface area contributed by atoms with Crippen LogP contribution in [0.25, 0.3) is 0 Å². The summed E-state index contributed by atoms with van der Waals surface area (Å²) in [7, 11) is 0. The summed E-state index contributed by atoms with van der Waals surface area (Å²) in [5.74, 6) is 0.805. The van der Waals surface area contributed by atoms with Crippen LogP contribution in [0, 0.1) is 11.8 Å². The highest BCUT2D eigenvalue weighted by Crippen LogP contribution is 2.49. The Morgan fingerprint density at radius 1 is 1.12 bits per heavy atom. The molecule has 0 bridgehead atoms. The molecule has 170 valence electrons. The van der Waals surface area contributed by atoms with Crippen molar-refractivity contribution in [3.63, 3.8) is 0 Å². The van der Waals surface area contributed by atoms with Crippen molar-refractivity contribution in [3.8, 4) is 0 Å². The van der Waals surface area contributed by atoms with E-state index in [1.165, 1.54) is 0 Å². The van der Waals surface area contributed by atoms with E-state index in [9.17, 15) is 9.59 Å². The fraction of sp³-hybridized carbons (Fsp3) is 0.400. The van der Waals surface area contributed by atoms with Gasteiger partial charge in [-0.2, -0.15) is 0 Å². The standard InChI is InChI=1S/C25H28N6O2/c1-15(2)17-8-9-21(26-12-17)23(16-6-4-3-5-7-16)28-25(33)24-20-10-18(20)14-31(24)22(32)11-19-13-27-30-29-19/h3-9,12-13,15,18,20,23-24H,10-11,14H2,1-2H3,(H,28,33)(H,27,29,30)/t18-,20-,23-,24-/m0/s1. The molecular formula is C25H28N6O2. The van der Waals surface area contributed by atoms with Gasteiger partial charge in [0.25, 0.3) is 0 Å². The number of carbonyl (C=O) groups is 2. The molecule has 1 aliphatic heterocycles. The first kappa shape index (κ1) is 21.3. The van der Waals surface area contributed by atoms with Crippen LogP contribution in [0.2, 0.25) is 0 Å². The molecule has 1 saturated carbocycles. The number of piperidine rings is 1. The quantitative estimate of drug-likeness (QED) is 0.583. The van der Waals surface area contributed by atoms with Crippen LogP contribution < -0.4 is 5.32 Å². The van der Waals surface area contributed by atoms with Gasteiger partial charge in [0.1, 0.15) is 6.04 Å². The second kappa shape index (κ2) is 8.77. The molecule has 8 heteroatoms. The Labute approximate surface area is 192 Å². The Hall–Kier alpha value is -3.55. The number of amides is 2. The van der Waals surface area contributed by atoms with Crippen molar-refractivity contribution in [1.29, 1.82) is 0 Å². The Bertz CT molecular complexity index is 1110. The third kappa shape index (κ3) is 4.37. The molecular weight excluding hydrogens is 416 g/mol. The molecule has 1 aliphatic carbocycles. The van der Waals surface area contributed by atoms with E-state index in [2.05, 4.69) is 45.6 Å². The lowest BCUT2D eigenvalue weighted by molar-refractivity contribution is -0.139. The van der Waals surface area contributed by atoms with Gasteiger partial charge < -0.3 is 10.2 Å². The molecule has 2 N–H and O–H groups in total. The average molecular weight is 445 g/mol. The monoisotopic (exact) mass is 444 g/mol. The number of likely N-dealkylation sites (tertiary alicyclic amines) is 1. The van der Waals surface area contributed by atoms with E-state index >= 15 is 0 Å². The van der Waals surface area contributed by atoms with Crippen LogP contribution in [0.4, 0.5) is 0 Å². The molecule has 1 saturated heterocycles. The fourth-order valence-electron chi connectivity index (χ4n) is 4.76. The van der Waals surface area contributed by atoms with E-state index in [1.807, 2.05) is 42.6 Å². The summed E-state index contributed by atoms with van der Waals surface area (Å²) in [5, 5.41) is 13.4. The third-order valence-corrected chi connectivity index (χ3v) is 6.74. The van der Waals surface area contributed by atoms with Crippen molar-refractivity contribution in [2.75, 3.05) is 6.54 Å². The first-order valence-corrected chi connectivity index (χ1v) is 11.5. The predicted octanol–water partition coefficient (Wildman–Crippen LogP) is 2.62. The molecule has 0 spiro atoms. The number of pyridine rings is 1. The molecule has 33 heavy (non-hydrogen) atoms. The highest BCUT2D eigenvalue weighted by atomic mass is 16.2. The van der Waals surface area contributed by atoms with Gasteiger partial charge in [0, 0.05) is 12.7 Å². The van der Waals surface area contributed by atoms with Crippen molar-refractivity contribution >= 4 is 11.8 Å².